The molecular weight excluding hydrogens is 412 g/mol. The van der Waals surface area contributed by atoms with Crippen molar-refractivity contribution in [3.63, 3.8) is 0 Å². The summed E-state index contributed by atoms with van der Waals surface area (Å²) in [7, 11) is 0. The van der Waals surface area contributed by atoms with Crippen LogP contribution in [-0.4, -0.2) is 64.4 Å². The first-order valence-electron chi connectivity index (χ1n) is 12.5. The zero-order valence-electron chi connectivity index (χ0n) is 20.3. The molecule has 3 heterocycles. The van der Waals surface area contributed by atoms with E-state index in [1.165, 1.54) is 56.4 Å². The molecule has 2 aromatic rings. The molecule has 178 valence electrons. The highest BCUT2D eigenvalue weighted by molar-refractivity contribution is 5.51. The molecule has 1 spiro atoms. The number of piperidine rings is 1. The standard InChI is InChI=1S/C27H38N4O2/c1-20-24(15-28-19-29-20)31-16-27(17-31)11-8-22(14-27)30-12-9-21(10-13-30)23-6-4-5-7-25(23)33-18-26(2,3)32/h4-7,15,19,21-22,32H,8-14,16-18H2,1-3H3. The predicted molar refractivity (Wildman–Crippen MR) is 131 cm³/mol. The molecule has 33 heavy (non-hydrogen) atoms. The number of aliphatic hydroxyl groups is 1. The number of para-hydroxylation sites is 1. The van der Waals surface area contributed by atoms with Crippen LogP contribution in [0.15, 0.2) is 36.8 Å². The van der Waals surface area contributed by atoms with Gasteiger partial charge in [-0.1, -0.05) is 18.2 Å². The number of ether oxygens (including phenoxy) is 1. The molecule has 1 aromatic heterocycles. The third kappa shape index (κ3) is 4.87. The molecule has 5 rings (SSSR count). The molecule has 0 radical (unpaired) electrons. The van der Waals surface area contributed by atoms with Crippen molar-refractivity contribution in [3.05, 3.63) is 48.0 Å². The lowest BCUT2D eigenvalue weighted by Gasteiger charge is -2.50. The van der Waals surface area contributed by atoms with Crippen LogP contribution in [0.4, 0.5) is 5.69 Å². The van der Waals surface area contributed by atoms with Crippen molar-refractivity contribution in [3.8, 4) is 5.75 Å². The number of hydrogen-bond donors (Lipinski definition) is 1. The number of anilines is 1. The third-order valence-electron chi connectivity index (χ3n) is 7.94. The van der Waals surface area contributed by atoms with Gasteiger partial charge in [-0.25, -0.2) is 9.97 Å². The normalized spacial score (nSPS) is 23.6. The molecule has 0 amide bonds. The van der Waals surface area contributed by atoms with Crippen molar-refractivity contribution in [2.75, 3.05) is 37.7 Å². The summed E-state index contributed by atoms with van der Waals surface area (Å²) in [4.78, 5) is 13.8. The average Bonchev–Trinajstić information content (AvgIpc) is 3.23. The van der Waals surface area contributed by atoms with Crippen LogP contribution in [0.5, 0.6) is 5.75 Å². The quantitative estimate of drug-likeness (QED) is 0.713. The summed E-state index contributed by atoms with van der Waals surface area (Å²) in [5.74, 6) is 1.47. The van der Waals surface area contributed by atoms with Crippen molar-refractivity contribution < 1.29 is 9.84 Å². The Morgan fingerprint density at radius 3 is 2.64 bits per heavy atom. The smallest absolute Gasteiger partial charge is 0.122 e. The molecule has 2 saturated heterocycles. The van der Waals surface area contributed by atoms with Gasteiger partial charge in [0.15, 0.2) is 0 Å². The number of likely N-dealkylation sites (tertiary alicyclic amines) is 1. The minimum atomic E-state index is -0.821. The lowest BCUT2D eigenvalue weighted by Crippen LogP contribution is -2.56. The fraction of sp³-hybridized carbons (Fsp3) is 0.630. The Bertz CT molecular complexity index is 959. The molecule has 2 aliphatic heterocycles. The Morgan fingerprint density at radius 2 is 1.91 bits per heavy atom. The zero-order chi connectivity index (χ0) is 23.1. The number of rotatable bonds is 6. The number of aryl methyl sites for hydroxylation is 1. The van der Waals surface area contributed by atoms with E-state index in [0.717, 1.165) is 30.6 Å². The first kappa shape index (κ1) is 22.6. The maximum Gasteiger partial charge on any atom is 0.122 e. The van der Waals surface area contributed by atoms with Crippen LogP contribution < -0.4 is 9.64 Å². The lowest BCUT2D eigenvalue weighted by molar-refractivity contribution is 0.0278. The first-order valence-corrected chi connectivity index (χ1v) is 12.5. The Hall–Kier alpha value is -2.18. The van der Waals surface area contributed by atoms with Crippen LogP contribution in [-0.2, 0) is 0 Å². The zero-order valence-corrected chi connectivity index (χ0v) is 20.3. The molecule has 6 nitrogen and oxygen atoms in total. The van der Waals surface area contributed by atoms with E-state index in [2.05, 4.69) is 44.9 Å². The third-order valence-corrected chi connectivity index (χ3v) is 7.94. The summed E-state index contributed by atoms with van der Waals surface area (Å²) < 4.78 is 6.01. The van der Waals surface area contributed by atoms with Crippen LogP contribution in [0, 0.1) is 12.3 Å². The van der Waals surface area contributed by atoms with Gasteiger partial charge in [0.1, 0.15) is 18.7 Å². The van der Waals surface area contributed by atoms with Gasteiger partial charge in [-0.3, -0.25) is 0 Å². The van der Waals surface area contributed by atoms with Gasteiger partial charge >= 0.3 is 0 Å². The van der Waals surface area contributed by atoms with Crippen LogP contribution in [0.2, 0.25) is 0 Å². The monoisotopic (exact) mass is 450 g/mol. The van der Waals surface area contributed by atoms with Crippen molar-refractivity contribution >= 4 is 5.69 Å². The topological polar surface area (TPSA) is 61.7 Å². The number of nitrogens with zero attached hydrogens (tertiary/aromatic N) is 4. The van der Waals surface area contributed by atoms with Gasteiger partial charge in [-0.05, 0) is 83.5 Å². The van der Waals surface area contributed by atoms with Crippen molar-refractivity contribution in [1.29, 1.82) is 0 Å². The van der Waals surface area contributed by atoms with E-state index in [0.29, 0.717) is 17.9 Å². The average molecular weight is 451 g/mol. The fourth-order valence-electron chi connectivity index (χ4n) is 6.18. The van der Waals surface area contributed by atoms with Crippen molar-refractivity contribution in [2.24, 2.45) is 5.41 Å². The van der Waals surface area contributed by atoms with Gasteiger partial charge in [0.2, 0.25) is 0 Å². The van der Waals surface area contributed by atoms with E-state index in [-0.39, 0.29) is 0 Å². The van der Waals surface area contributed by atoms with Gasteiger partial charge in [0.05, 0.1) is 23.2 Å². The predicted octanol–water partition coefficient (Wildman–Crippen LogP) is 4.17. The van der Waals surface area contributed by atoms with Crippen LogP contribution in [0.1, 0.15) is 63.1 Å². The summed E-state index contributed by atoms with van der Waals surface area (Å²) >= 11 is 0. The van der Waals surface area contributed by atoms with E-state index in [9.17, 15) is 5.11 Å². The van der Waals surface area contributed by atoms with E-state index in [1.54, 1.807) is 20.2 Å². The second-order valence-corrected chi connectivity index (χ2v) is 11.2. The summed E-state index contributed by atoms with van der Waals surface area (Å²) in [5, 5.41) is 10.1. The fourth-order valence-corrected chi connectivity index (χ4v) is 6.18. The highest BCUT2D eigenvalue weighted by Gasteiger charge is 2.49. The lowest BCUT2D eigenvalue weighted by atomic mass is 9.77. The SMILES string of the molecule is Cc1ncncc1N1CC2(CCC(N3CCC(c4ccccc4OCC(C)(C)O)CC3)C2)C1. The van der Waals surface area contributed by atoms with E-state index < -0.39 is 5.60 Å². The molecule has 3 fully saturated rings. The van der Waals surface area contributed by atoms with Gasteiger partial charge in [0, 0.05) is 24.5 Å². The van der Waals surface area contributed by atoms with Crippen molar-refractivity contribution in [2.45, 2.75) is 70.4 Å². The van der Waals surface area contributed by atoms with Crippen LogP contribution >= 0.6 is 0 Å². The van der Waals surface area contributed by atoms with Crippen LogP contribution in [0.3, 0.4) is 0 Å². The maximum atomic E-state index is 10.1. The highest BCUT2D eigenvalue weighted by Crippen LogP contribution is 2.49. The van der Waals surface area contributed by atoms with E-state index in [4.69, 9.17) is 4.74 Å². The molecular formula is C27H38N4O2. The van der Waals surface area contributed by atoms with Crippen LogP contribution in [0.25, 0.3) is 0 Å². The van der Waals surface area contributed by atoms with E-state index >= 15 is 0 Å². The molecule has 1 atom stereocenters. The Kier molecular flexibility index (Phi) is 6.08. The number of hydrogen-bond acceptors (Lipinski definition) is 6. The van der Waals surface area contributed by atoms with Gasteiger partial charge in [0.25, 0.3) is 0 Å². The molecule has 6 heteroatoms. The van der Waals surface area contributed by atoms with Gasteiger partial charge in [-0.15, -0.1) is 0 Å². The number of benzene rings is 1. The molecule has 1 saturated carbocycles. The molecule has 3 aliphatic rings. The molecule has 1 aromatic carbocycles. The first-order chi connectivity index (χ1) is 15.8. The Morgan fingerprint density at radius 1 is 1.15 bits per heavy atom. The summed E-state index contributed by atoms with van der Waals surface area (Å²) in [6, 6.07) is 9.13. The number of aromatic nitrogens is 2. The highest BCUT2D eigenvalue weighted by atomic mass is 16.5. The van der Waals surface area contributed by atoms with E-state index in [1.807, 2.05) is 12.3 Å². The molecule has 0 bridgehead atoms. The minimum Gasteiger partial charge on any atom is -0.490 e. The Balaban J connectivity index is 1.14. The Labute approximate surface area is 198 Å². The van der Waals surface area contributed by atoms with Gasteiger partial charge < -0.3 is 19.6 Å². The minimum absolute atomic E-state index is 0.318. The summed E-state index contributed by atoms with van der Waals surface area (Å²) in [6.07, 6.45) is 9.96. The summed E-state index contributed by atoms with van der Waals surface area (Å²) in [6.45, 7) is 10.6. The second kappa shape index (κ2) is 8.88. The second-order valence-electron chi connectivity index (χ2n) is 11.2. The molecule has 1 aliphatic carbocycles. The summed E-state index contributed by atoms with van der Waals surface area (Å²) in [5.41, 5.74) is 3.26. The maximum absolute atomic E-state index is 10.1. The molecule has 1 N–H and O–H groups in total. The van der Waals surface area contributed by atoms with Gasteiger partial charge in [-0.2, -0.15) is 0 Å². The van der Waals surface area contributed by atoms with Crippen molar-refractivity contribution in [1.82, 2.24) is 14.9 Å². The largest absolute Gasteiger partial charge is 0.490 e. The molecule has 1 unspecified atom stereocenters.